The Morgan fingerprint density at radius 1 is 1.05 bits per heavy atom. The van der Waals surface area contributed by atoms with Crippen molar-refractivity contribution in [2.45, 2.75) is 39.5 Å². The van der Waals surface area contributed by atoms with Crippen LogP contribution in [0, 0.1) is 6.92 Å². The van der Waals surface area contributed by atoms with Gasteiger partial charge in [-0.05, 0) is 41.2 Å². The number of rotatable bonds is 0. The molecule has 0 unspecified atom stereocenters. The van der Waals surface area contributed by atoms with Crippen molar-refractivity contribution in [3.05, 3.63) is 58.7 Å². The third-order valence-corrected chi connectivity index (χ3v) is 5.02. The summed E-state index contributed by atoms with van der Waals surface area (Å²) in [4.78, 5) is 0. The Morgan fingerprint density at radius 2 is 1.82 bits per heavy atom. The van der Waals surface area contributed by atoms with Crippen LogP contribution in [0.1, 0.15) is 43.0 Å². The molecule has 0 amide bonds. The topological polar surface area (TPSA) is 4.93 Å². The van der Waals surface area contributed by atoms with Crippen molar-refractivity contribution in [1.29, 1.82) is 0 Å². The van der Waals surface area contributed by atoms with Gasteiger partial charge >= 0.3 is 0 Å². The van der Waals surface area contributed by atoms with Gasteiger partial charge in [0.25, 0.3) is 0 Å². The van der Waals surface area contributed by atoms with Crippen LogP contribution in [0.5, 0.6) is 0 Å². The van der Waals surface area contributed by atoms with Crippen molar-refractivity contribution >= 4 is 10.9 Å². The fraction of sp³-hybridized carbons (Fsp3) is 0.333. The summed E-state index contributed by atoms with van der Waals surface area (Å²) in [6.45, 7) is 9.12. The largest absolute Gasteiger partial charge is 0.343 e. The molecule has 112 valence electrons. The molecule has 0 bridgehead atoms. The molecular weight excluding hydrogens is 266 g/mol. The average molecular weight is 289 g/mol. The van der Waals surface area contributed by atoms with Crippen LogP contribution in [0.2, 0.25) is 0 Å². The van der Waals surface area contributed by atoms with E-state index in [4.69, 9.17) is 0 Å². The van der Waals surface area contributed by atoms with Crippen molar-refractivity contribution in [1.82, 2.24) is 4.57 Å². The highest BCUT2D eigenvalue weighted by molar-refractivity contribution is 5.96. The second-order valence-corrected chi connectivity index (χ2v) is 7.67. The van der Waals surface area contributed by atoms with Gasteiger partial charge in [-0.2, -0.15) is 0 Å². The standard InChI is InChI=1S/C21H23N/c1-13-9-10-18-15(11-13)16-12-14-7-6-8-17(21(2,3)4)19(14)20(16)22(18)5/h6-11H,12H2,1-5H3. The van der Waals surface area contributed by atoms with E-state index in [0.29, 0.717) is 0 Å². The highest BCUT2D eigenvalue weighted by Crippen LogP contribution is 2.46. The number of hydrogen-bond donors (Lipinski definition) is 0. The molecule has 3 aromatic rings. The number of nitrogens with zero attached hydrogens (tertiary/aromatic N) is 1. The van der Waals surface area contributed by atoms with Crippen LogP contribution in [0.4, 0.5) is 0 Å². The number of hydrogen-bond acceptors (Lipinski definition) is 0. The molecule has 4 rings (SSSR count). The van der Waals surface area contributed by atoms with E-state index in [1.807, 2.05) is 0 Å². The second-order valence-electron chi connectivity index (χ2n) is 7.67. The molecule has 0 spiro atoms. The van der Waals surface area contributed by atoms with E-state index in [9.17, 15) is 0 Å². The van der Waals surface area contributed by atoms with Gasteiger partial charge in [-0.1, -0.05) is 50.6 Å². The minimum absolute atomic E-state index is 0.166. The van der Waals surface area contributed by atoms with E-state index in [1.165, 1.54) is 44.4 Å². The fourth-order valence-corrected chi connectivity index (χ4v) is 3.97. The van der Waals surface area contributed by atoms with E-state index < -0.39 is 0 Å². The molecule has 0 saturated heterocycles. The molecule has 1 aromatic heterocycles. The van der Waals surface area contributed by atoms with Gasteiger partial charge in [-0.3, -0.25) is 0 Å². The van der Waals surface area contributed by atoms with Gasteiger partial charge in [0.05, 0.1) is 5.69 Å². The molecule has 0 atom stereocenters. The molecule has 0 N–H and O–H groups in total. The van der Waals surface area contributed by atoms with Gasteiger partial charge in [-0.25, -0.2) is 0 Å². The predicted molar refractivity (Wildman–Crippen MR) is 94.6 cm³/mol. The molecule has 0 fully saturated rings. The predicted octanol–water partition coefficient (Wildman–Crippen LogP) is 5.36. The Kier molecular flexibility index (Phi) is 2.64. The molecule has 1 aliphatic rings. The van der Waals surface area contributed by atoms with Gasteiger partial charge in [0.2, 0.25) is 0 Å². The van der Waals surface area contributed by atoms with Crippen molar-refractivity contribution < 1.29 is 0 Å². The molecule has 1 nitrogen and oxygen atoms in total. The first-order valence-electron chi connectivity index (χ1n) is 8.08. The van der Waals surface area contributed by atoms with E-state index in [1.54, 1.807) is 0 Å². The minimum Gasteiger partial charge on any atom is -0.343 e. The van der Waals surface area contributed by atoms with Crippen LogP contribution in [-0.4, -0.2) is 4.57 Å². The van der Waals surface area contributed by atoms with E-state index in [-0.39, 0.29) is 5.41 Å². The monoisotopic (exact) mass is 289 g/mol. The molecule has 2 aromatic carbocycles. The van der Waals surface area contributed by atoms with Crippen molar-refractivity contribution in [3.8, 4) is 11.3 Å². The van der Waals surface area contributed by atoms with Gasteiger partial charge in [0.1, 0.15) is 0 Å². The van der Waals surface area contributed by atoms with Gasteiger partial charge in [-0.15, -0.1) is 0 Å². The summed E-state index contributed by atoms with van der Waals surface area (Å²) < 4.78 is 2.39. The van der Waals surface area contributed by atoms with Gasteiger partial charge in [0, 0.05) is 29.9 Å². The van der Waals surface area contributed by atoms with Crippen LogP contribution in [0.15, 0.2) is 36.4 Å². The maximum atomic E-state index is 2.39. The zero-order valence-electron chi connectivity index (χ0n) is 14.1. The quantitative estimate of drug-likeness (QED) is 0.411. The molecule has 0 saturated carbocycles. The summed E-state index contributed by atoms with van der Waals surface area (Å²) in [7, 11) is 2.21. The van der Waals surface area contributed by atoms with Crippen molar-refractivity contribution in [2.75, 3.05) is 0 Å². The summed E-state index contributed by atoms with van der Waals surface area (Å²) in [5, 5.41) is 1.42. The zero-order valence-corrected chi connectivity index (χ0v) is 14.1. The Labute approximate surface area is 132 Å². The van der Waals surface area contributed by atoms with Crippen LogP contribution in [0.3, 0.4) is 0 Å². The lowest BCUT2D eigenvalue weighted by Gasteiger charge is -2.23. The van der Waals surface area contributed by atoms with E-state index in [0.717, 1.165) is 6.42 Å². The first kappa shape index (κ1) is 13.6. The Morgan fingerprint density at radius 3 is 2.55 bits per heavy atom. The van der Waals surface area contributed by atoms with Gasteiger partial charge in [0.15, 0.2) is 0 Å². The highest BCUT2D eigenvalue weighted by Gasteiger charge is 2.30. The van der Waals surface area contributed by atoms with Crippen molar-refractivity contribution in [3.63, 3.8) is 0 Å². The summed E-state index contributed by atoms with van der Waals surface area (Å²) in [6.07, 6.45) is 1.06. The highest BCUT2D eigenvalue weighted by atomic mass is 15.0. The third-order valence-electron chi connectivity index (χ3n) is 5.02. The second kappa shape index (κ2) is 4.25. The molecule has 1 aliphatic carbocycles. The smallest absolute Gasteiger partial charge is 0.0530 e. The summed E-state index contributed by atoms with van der Waals surface area (Å²) in [6, 6.07) is 13.6. The van der Waals surface area contributed by atoms with Crippen LogP contribution in [-0.2, 0) is 18.9 Å². The van der Waals surface area contributed by atoms with Gasteiger partial charge < -0.3 is 4.57 Å². The normalized spacial score (nSPS) is 13.5. The number of aryl methyl sites for hydroxylation is 2. The summed E-state index contributed by atoms with van der Waals surface area (Å²) in [5.74, 6) is 0. The molecule has 1 heteroatoms. The van der Waals surface area contributed by atoms with Crippen LogP contribution in [0.25, 0.3) is 22.2 Å². The number of fused-ring (bicyclic) bond motifs is 5. The van der Waals surface area contributed by atoms with Crippen LogP contribution < -0.4 is 0 Å². The first-order chi connectivity index (χ1) is 10.4. The third kappa shape index (κ3) is 1.71. The molecule has 22 heavy (non-hydrogen) atoms. The zero-order chi connectivity index (χ0) is 15.6. The first-order valence-corrected chi connectivity index (χ1v) is 8.08. The van der Waals surface area contributed by atoms with E-state index in [2.05, 4.69) is 75.7 Å². The van der Waals surface area contributed by atoms with E-state index >= 15 is 0 Å². The fourth-order valence-electron chi connectivity index (χ4n) is 3.97. The summed E-state index contributed by atoms with van der Waals surface area (Å²) >= 11 is 0. The Balaban J connectivity index is 2.11. The Bertz CT molecular complexity index is 904. The lowest BCUT2D eigenvalue weighted by Crippen LogP contribution is -2.13. The maximum absolute atomic E-state index is 2.39. The molecular formula is C21H23N. The minimum atomic E-state index is 0.166. The maximum Gasteiger partial charge on any atom is 0.0530 e. The Hall–Kier alpha value is -2.02. The lowest BCUT2D eigenvalue weighted by molar-refractivity contribution is 0.591. The summed E-state index contributed by atoms with van der Waals surface area (Å²) in [5.41, 5.74) is 10.2. The molecule has 0 aliphatic heterocycles. The SMILES string of the molecule is Cc1ccc2c(c1)c1c(n2C)-c2c(cccc2C(C)(C)C)C1. The van der Waals surface area contributed by atoms with Crippen molar-refractivity contribution in [2.24, 2.45) is 7.05 Å². The number of aromatic nitrogens is 1. The van der Waals surface area contributed by atoms with Crippen LogP contribution >= 0.6 is 0 Å². The average Bonchev–Trinajstić information content (AvgIpc) is 2.94. The number of benzene rings is 2. The molecule has 1 heterocycles. The molecule has 0 radical (unpaired) electrons. The lowest BCUT2D eigenvalue weighted by atomic mass is 9.82.